The van der Waals surface area contributed by atoms with Crippen LogP contribution in [0.3, 0.4) is 0 Å². The Bertz CT molecular complexity index is 591. The Morgan fingerprint density at radius 1 is 0.615 bits per heavy atom. The van der Waals surface area contributed by atoms with E-state index in [1.54, 1.807) is 0 Å². The van der Waals surface area contributed by atoms with Crippen LogP contribution in [0.15, 0.2) is 72.9 Å². The maximum Gasteiger partial charge on any atom is 0.264 e. The molecule has 0 amide bonds. The largest absolute Gasteiger partial charge is 0.286 e. The molecular weight excluding hydrogens is 344 g/mol. The van der Waals surface area contributed by atoms with Crippen molar-refractivity contribution in [3.05, 3.63) is 72.9 Å². The summed E-state index contributed by atoms with van der Waals surface area (Å²) in [6.45, 7) is 2.14. The standard InChI is InChI=1S/C22H34O3S/c1-2-3-4-5-6-7-8-9-10-11-12-13-14-15-16-17-18-19-20-21-22-26(23,24)25/h3-4,6-7,9-10,12-13,15-16,18-19H,2,5,8,11,14,17,20-22H2,1H3,(H,23,24,25). The molecule has 0 unspecified atom stereocenters. The first-order valence-corrected chi connectivity index (χ1v) is 11.0. The van der Waals surface area contributed by atoms with E-state index in [4.69, 9.17) is 4.55 Å². The van der Waals surface area contributed by atoms with E-state index in [0.29, 0.717) is 12.8 Å². The zero-order chi connectivity index (χ0) is 19.3. The molecule has 0 fully saturated rings. The van der Waals surface area contributed by atoms with Gasteiger partial charge in [0.05, 0.1) is 5.75 Å². The lowest BCUT2D eigenvalue weighted by Crippen LogP contribution is -2.02. The fourth-order valence-electron chi connectivity index (χ4n) is 2.02. The van der Waals surface area contributed by atoms with E-state index in [9.17, 15) is 8.42 Å². The highest BCUT2D eigenvalue weighted by Crippen LogP contribution is 1.98. The van der Waals surface area contributed by atoms with Crippen LogP contribution in [0.4, 0.5) is 0 Å². The molecule has 3 nitrogen and oxygen atoms in total. The van der Waals surface area contributed by atoms with Gasteiger partial charge >= 0.3 is 0 Å². The van der Waals surface area contributed by atoms with Crippen LogP contribution in [0.25, 0.3) is 0 Å². The summed E-state index contributed by atoms with van der Waals surface area (Å²) in [6.07, 6.45) is 32.6. The Balaban J connectivity index is 3.55. The van der Waals surface area contributed by atoms with Crippen molar-refractivity contribution in [1.82, 2.24) is 0 Å². The van der Waals surface area contributed by atoms with Gasteiger partial charge in [-0.3, -0.25) is 4.55 Å². The predicted molar refractivity (Wildman–Crippen MR) is 114 cm³/mol. The summed E-state index contributed by atoms with van der Waals surface area (Å²) >= 11 is 0. The molecule has 0 aromatic heterocycles. The van der Waals surface area contributed by atoms with Crippen molar-refractivity contribution in [3.8, 4) is 0 Å². The van der Waals surface area contributed by atoms with Crippen molar-refractivity contribution in [2.45, 2.75) is 58.3 Å². The van der Waals surface area contributed by atoms with Gasteiger partial charge in [0.2, 0.25) is 0 Å². The lowest BCUT2D eigenvalue weighted by Gasteiger charge is -1.92. The molecule has 0 radical (unpaired) electrons. The maximum absolute atomic E-state index is 10.5. The molecule has 0 saturated carbocycles. The highest BCUT2D eigenvalue weighted by molar-refractivity contribution is 7.85. The Labute approximate surface area is 160 Å². The summed E-state index contributed by atoms with van der Waals surface area (Å²) in [5.74, 6) is -0.168. The predicted octanol–water partition coefficient (Wildman–Crippen LogP) is 6.35. The second-order valence-electron chi connectivity index (χ2n) is 5.84. The van der Waals surface area contributed by atoms with Crippen LogP contribution in [-0.4, -0.2) is 18.7 Å². The molecule has 4 heteroatoms. The third-order valence-electron chi connectivity index (χ3n) is 3.37. The van der Waals surface area contributed by atoms with Gasteiger partial charge in [-0.15, -0.1) is 0 Å². The van der Waals surface area contributed by atoms with Gasteiger partial charge in [-0.05, 0) is 51.4 Å². The highest BCUT2D eigenvalue weighted by Gasteiger charge is 2.01. The molecule has 0 atom stereocenters. The van der Waals surface area contributed by atoms with E-state index in [-0.39, 0.29) is 5.75 Å². The number of unbranched alkanes of at least 4 members (excludes halogenated alkanes) is 1. The SMILES string of the molecule is CCC=CCC=CCC=CCC=CCC=CCC=CCCCS(=O)(=O)O. The molecule has 146 valence electrons. The van der Waals surface area contributed by atoms with Gasteiger partial charge in [0.25, 0.3) is 10.1 Å². The second kappa shape index (κ2) is 18.2. The van der Waals surface area contributed by atoms with E-state index < -0.39 is 10.1 Å². The van der Waals surface area contributed by atoms with Gasteiger partial charge in [-0.2, -0.15) is 8.42 Å². The monoisotopic (exact) mass is 378 g/mol. The molecule has 0 bridgehead atoms. The van der Waals surface area contributed by atoms with E-state index >= 15 is 0 Å². The molecule has 0 aromatic rings. The van der Waals surface area contributed by atoms with Gasteiger partial charge in [-0.1, -0.05) is 79.8 Å². The minimum absolute atomic E-state index is 0.168. The van der Waals surface area contributed by atoms with E-state index in [1.807, 2.05) is 12.2 Å². The summed E-state index contributed by atoms with van der Waals surface area (Å²) < 4.78 is 29.6. The zero-order valence-electron chi connectivity index (χ0n) is 16.0. The molecule has 26 heavy (non-hydrogen) atoms. The average molecular weight is 379 g/mol. The summed E-state index contributed by atoms with van der Waals surface area (Å²) in [6, 6.07) is 0. The summed E-state index contributed by atoms with van der Waals surface area (Å²) in [4.78, 5) is 0. The fraction of sp³-hybridized carbons (Fsp3) is 0.455. The summed E-state index contributed by atoms with van der Waals surface area (Å²) in [5.41, 5.74) is 0. The molecule has 1 N–H and O–H groups in total. The van der Waals surface area contributed by atoms with Gasteiger partial charge in [0.15, 0.2) is 0 Å². The van der Waals surface area contributed by atoms with Crippen molar-refractivity contribution >= 4 is 10.1 Å². The first kappa shape index (κ1) is 24.4. The second-order valence-corrected chi connectivity index (χ2v) is 7.42. The van der Waals surface area contributed by atoms with Crippen LogP contribution >= 0.6 is 0 Å². The summed E-state index contributed by atoms with van der Waals surface area (Å²) in [5, 5.41) is 0. The maximum atomic E-state index is 10.5. The van der Waals surface area contributed by atoms with E-state index in [0.717, 1.165) is 38.5 Å². The Kier molecular flexibility index (Phi) is 17.0. The summed E-state index contributed by atoms with van der Waals surface area (Å²) in [7, 11) is -3.81. The van der Waals surface area contributed by atoms with E-state index in [2.05, 4.69) is 67.7 Å². The van der Waals surface area contributed by atoms with Crippen LogP contribution < -0.4 is 0 Å². The Hall–Kier alpha value is -1.65. The molecule has 0 aliphatic rings. The Morgan fingerprint density at radius 3 is 1.31 bits per heavy atom. The molecule has 0 rings (SSSR count). The molecule has 0 spiro atoms. The van der Waals surface area contributed by atoms with Gasteiger partial charge in [-0.25, -0.2) is 0 Å². The van der Waals surface area contributed by atoms with Gasteiger partial charge < -0.3 is 0 Å². The van der Waals surface area contributed by atoms with Crippen molar-refractivity contribution in [3.63, 3.8) is 0 Å². The highest BCUT2D eigenvalue weighted by atomic mass is 32.2. The number of hydrogen-bond acceptors (Lipinski definition) is 2. The molecule has 0 aliphatic carbocycles. The van der Waals surface area contributed by atoms with Gasteiger partial charge in [0, 0.05) is 0 Å². The molecular formula is C22H34O3S. The molecule has 0 aromatic carbocycles. The van der Waals surface area contributed by atoms with Crippen molar-refractivity contribution in [2.75, 3.05) is 5.75 Å². The van der Waals surface area contributed by atoms with Crippen LogP contribution in [0.1, 0.15) is 58.3 Å². The number of allylic oxidation sites excluding steroid dienone is 12. The van der Waals surface area contributed by atoms with E-state index in [1.165, 1.54) is 0 Å². The number of hydrogen-bond donors (Lipinski definition) is 1. The zero-order valence-corrected chi connectivity index (χ0v) is 16.8. The lowest BCUT2D eigenvalue weighted by atomic mass is 10.2. The van der Waals surface area contributed by atoms with Crippen molar-refractivity contribution in [2.24, 2.45) is 0 Å². The molecule has 0 heterocycles. The minimum atomic E-state index is -3.81. The fourth-order valence-corrected chi connectivity index (χ4v) is 2.55. The van der Waals surface area contributed by atoms with Crippen LogP contribution in [0.2, 0.25) is 0 Å². The Morgan fingerprint density at radius 2 is 0.962 bits per heavy atom. The average Bonchev–Trinajstić information content (AvgIpc) is 2.59. The van der Waals surface area contributed by atoms with Crippen LogP contribution in [0, 0.1) is 0 Å². The third-order valence-corrected chi connectivity index (χ3v) is 4.17. The topological polar surface area (TPSA) is 54.4 Å². The molecule has 0 aliphatic heterocycles. The first-order valence-electron chi connectivity index (χ1n) is 9.41. The van der Waals surface area contributed by atoms with Crippen LogP contribution in [-0.2, 0) is 10.1 Å². The van der Waals surface area contributed by atoms with Crippen LogP contribution in [0.5, 0.6) is 0 Å². The number of rotatable bonds is 15. The van der Waals surface area contributed by atoms with Crippen molar-refractivity contribution in [1.29, 1.82) is 0 Å². The first-order chi connectivity index (χ1) is 12.6. The smallest absolute Gasteiger partial charge is 0.264 e. The van der Waals surface area contributed by atoms with Crippen molar-refractivity contribution < 1.29 is 13.0 Å². The minimum Gasteiger partial charge on any atom is -0.286 e. The quantitative estimate of drug-likeness (QED) is 0.205. The normalized spacial score (nSPS) is 13.8. The van der Waals surface area contributed by atoms with Gasteiger partial charge in [0.1, 0.15) is 0 Å². The third kappa shape index (κ3) is 22.4. The molecule has 0 saturated heterocycles. The lowest BCUT2D eigenvalue weighted by molar-refractivity contribution is 0.481.